The third-order valence-electron chi connectivity index (χ3n) is 7.95. The highest BCUT2D eigenvalue weighted by atomic mass is 35.5. The molecule has 0 saturated carbocycles. The van der Waals surface area contributed by atoms with E-state index < -0.39 is 0 Å². The molecule has 2 fully saturated rings. The predicted molar refractivity (Wildman–Crippen MR) is 172 cm³/mol. The van der Waals surface area contributed by atoms with Gasteiger partial charge in [0.2, 0.25) is 0 Å². The zero-order chi connectivity index (χ0) is 26.6. The molecule has 0 bridgehead atoms. The van der Waals surface area contributed by atoms with Gasteiger partial charge in [-0.25, -0.2) is 13.8 Å². The number of anilines is 1. The number of piperazine rings is 1. The van der Waals surface area contributed by atoms with Gasteiger partial charge in [0, 0.05) is 39.3 Å². The van der Waals surface area contributed by atoms with Crippen molar-refractivity contribution < 1.29 is 8.78 Å². The third-order valence-corrected chi connectivity index (χ3v) is 9.05. The third kappa shape index (κ3) is 7.65. The van der Waals surface area contributed by atoms with Crippen LogP contribution in [0, 0.1) is 11.6 Å². The van der Waals surface area contributed by atoms with Crippen LogP contribution in [0.15, 0.2) is 78.4 Å². The molecule has 4 nitrogen and oxygen atoms in total. The van der Waals surface area contributed by atoms with Crippen molar-refractivity contribution >= 4 is 57.1 Å². The largest absolute Gasteiger partial charge is 0.345 e. The van der Waals surface area contributed by atoms with Gasteiger partial charge in [-0.1, -0.05) is 53.3 Å². The van der Waals surface area contributed by atoms with Gasteiger partial charge in [0.05, 0.1) is 10.2 Å². The van der Waals surface area contributed by atoms with Crippen LogP contribution in [0.25, 0.3) is 15.8 Å². The average molecular weight is 618 g/mol. The van der Waals surface area contributed by atoms with Crippen LogP contribution in [-0.2, 0) is 0 Å². The van der Waals surface area contributed by atoms with Gasteiger partial charge in [-0.15, -0.1) is 24.8 Å². The number of rotatable bonds is 7. The van der Waals surface area contributed by atoms with E-state index in [2.05, 4.69) is 39.0 Å². The number of benzene rings is 3. The number of thiazole rings is 1. The smallest absolute Gasteiger partial charge is 0.186 e. The summed E-state index contributed by atoms with van der Waals surface area (Å²) in [6, 6.07) is 21.8. The molecule has 0 atom stereocenters. The number of likely N-dealkylation sites (tertiary alicyclic amines) is 1. The number of halogens is 4. The quantitative estimate of drug-likeness (QED) is 0.214. The number of fused-ring (bicyclic) bond motifs is 1. The lowest BCUT2D eigenvalue weighted by Crippen LogP contribution is -2.47. The van der Waals surface area contributed by atoms with Crippen molar-refractivity contribution in [3.63, 3.8) is 0 Å². The standard InChI is InChI=1S/C32H34F2N4S.2ClH/c33-27-10-6-24(7-11-27)31(25-8-12-28(34)13-9-25)26-14-18-36(19-15-26)16-3-17-37-20-22-38(23-21-37)32-35-29-4-1-2-5-30(29)39-32;;/h1-2,4-13H,3,14-23H2;2*1H. The number of piperidine rings is 1. The first-order chi connectivity index (χ1) is 19.1. The minimum absolute atomic E-state index is 0. The molecule has 0 aliphatic carbocycles. The fourth-order valence-corrected chi connectivity index (χ4v) is 6.80. The number of para-hydroxylation sites is 1. The Hall–Kier alpha value is -2.55. The summed E-state index contributed by atoms with van der Waals surface area (Å²) in [5.74, 6) is -0.481. The van der Waals surface area contributed by atoms with Crippen molar-refractivity contribution in [1.29, 1.82) is 0 Å². The summed E-state index contributed by atoms with van der Waals surface area (Å²) in [5, 5.41) is 1.15. The normalized spacial score (nSPS) is 16.3. The minimum atomic E-state index is -0.241. The van der Waals surface area contributed by atoms with Crippen molar-refractivity contribution in [2.45, 2.75) is 19.3 Å². The molecule has 0 radical (unpaired) electrons. The molecule has 2 aliphatic heterocycles. The Balaban J connectivity index is 0.00000194. The Morgan fingerprint density at radius 3 is 1.78 bits per heavy atom. The molecule has 0 spiro atoms. The van der Waals surface area contributed by atoms with Crippen molar-refractivity contribution in [2.24, 2.45) is 0 Å². The second-order valence-corrected chi connectivity index (χ2v) is 11.5. The Bertz CT molecular complexity index is 1340. The van der Waals surface area contributed by atoms with Gasteiger partial charge >= 0.3 is 0 Å². The second kappa shape index (κ2) is 14.6. The zero-order valence-electron chi connectivity index (χ0n) is 23.0. The average Bonchev–Trinajstić information content (AvgIpc) is 3.41. The minimum Gasteiger partial charge on any atom is -0.345 e. The molecule has 0 N–H and O–H groups in total. The maximum atomic E-state index is 13.6. The van der Waals surface area contributed by atoms with Crippen LogP contribution in [0.2, 0.25) is 0 Å². The highest BCUT2D eigenvalue weighted by Gasteiger charge is 2.22. The maximum absolute atomic E-state index is 13.6. The first kappa shape index (κ1) is 31.4. The van der Waals surface area contributed by atoms with Gasteiger partial charge < -0.3 is 9.80 Å². The van der Waals surface area contributed by atoms with E-state index >= 15 is 0 Å². The topological polar surface area (TPSA) is 22.6 Å². The molecule has 0 unspecified atom stereocenters. The van der Waals surface area contributed by atoms with Crippen molar-refractivity contribution in [3.05, 3.63) is 101 Å². The fraction of sp³-hybridized carbons (Fsp3) is 0.344. The Morgan fingerprint density at radius 2 is 1.22 bits per heavy atom. The van der Waals surface area contributed by atoms with Crippen LogP contribution in [0.1, 0.15) is 30.4 Å². The lowest BCUT2D eigenvalue weighted by molar-refractivity contribution is 0.212. The van der Waals surface area contributed by atoms with Crippen LogP contribution in [-0.4, -0.2) is 67.1 Å². The predicted octanol–water partition coefficient (Wildman–Crippen LogP) is 7.53. The number of nitrogens with zero attached hydrogens (tertiary/aromatic N) is 4. The first-order valence-electron chi connectivity index (χ1n) is 13.9. The lowest BCUT2D eigenvalue weighted by atomic mass is 9.88. The SMILES string of the molecule is Cl.Cl.Fc1ccc(C(=C2CCN(CCCN3CCN(c4nc5ccccc5s4)CC3)CC2)c2ccc(F)cc2)cc1. The van der Waals surface area contributed by atoms with Gasteiger partial charge in [0.1, 0.15) is 11.6 Å². The molecule has 218 valence electrons. The summed E-state index contributed by atoms with van der Waals surface area (Å²) in [6.07, 6.45) is 3.12. The highest BCUT2D eigenvalue weighted by molar-refractivity contribution is 7.22. The Labute approximate surface area is 257 Å². The molecule has 2 aliphatic rings. The highest BCUT2D eigenvalue weighted by Crippen LogP contribution is 2.33. The van der Waals surface area contributed by atoms with Gasteiger partial charge in [-0.2, -0.15) is 0 Å². The van der Waals surface area contributed by atoms with E-state index in [4.69, 9.17) is 4.98 Å². The van der Waals surface area contributed by atoms with E-state index in [1.165, 1.54) is 41.0 Å². The summed E-state index contributed by atoms with van der Waals surface area (Å²) in [5.41, 5.74) is 5.59. The molecule has 3 aromatic carbocycles. The Kier molecular flexibility index (Phi) is 11.1. The molecule has 4 aromatic rings. The van der Waals surface area contributed by atoms with Crippen LogP contribution in [0.3, 0.4) is 0 Å². The fourth-order valence-electron chi connectivity index (χ4n) is 5.78. The van der Waals surface area contributed by atoms with Crippen molar-refractivity contribution in [3.8, 4) is 0 Å². The summed E-state index contributed by atoms with van der Waals surface area (Å²) in [7, 11) is 0. The summed E-state index contributed by atoms with van der Waals surface area (Å²) < 4.78 is 28.5. The van der Waals surface area contributed by atoms with E-state index in [1.807, 2.05) is 24.3 Å². The maximum Gasteiger partial charge on any atom is 0.186 e. The van der Waals surface area contributed by atoms with Crippen molar-refractivity contribution in [2.75, 3.05) is 57.3 Å². The van der Waals surface area contributed by atoms with E-state index in [-0.39, 0.29) is 36.4 Å². The molecule has 6 rings (SSSR count). The molecular formula is C32H36Cl2F2N4S. The van der Waals surface area contributed by atoms with Gasteiger partial charge in [-0.3, -0.25) is 4.90 Å². The molecule has 3 heterocycles. The van der Waals surface area contributed by atoms with E-state index in [0.29, 0.717) is 0 Å². The van der Waals surface area contributed by atoms with Gasteiger partial charge in [0.15, 0.2) is 5.13 Å². The molecule has 41 heavy (non-hydrogen) atoms. The van der Waals surface area contributed by atoms with Crippen LogP contribution in [0.5, 0.6) is 0 Å². The molecule has 9 heteroatoms. The molecule has 2 saturated heterocycles. The van der Waals surface area contributed by atoms with Crippen molar-refractivity contribution in [1.82, 2.24) is 14.8 Å². The lowest BCUT2D eigenvalue weighted by Gasteiger charge is -2.35. The number of aromatic nitrogens is 1. The zero-order valence-corrected chi connectivity index (χ0v) is 25.4. The second-order valence-electron chi connectivity index (χ2n) is 10.5. The summed E-state index contributed by atoms with van der Waals surface area (Å²) >= 11 is 1.79. The van der Waals surface area contributed by atoms with Crippen LogP contribution in [0.4, 0.5) is 13.9 Å². The molecular weight excluding hydrogens is 581 g/mol. The van der Waals surface area contributed by atoms with Crippen LogP contribution < -0.4 is 4.90 Å². The number of hydrogen-bond acceptors (Lipinski definition) is 5. The van der Waals surface area contributed by atoms with E-state index in [1.54, 1.807) is 11.3 Å². The molecule has 1 aromatic heterocycles. The number of hydrogen-bond donors (Lipinski definition) is 0. The summed E-state index contributed by atoms with van der Waals surface area (Å²) in [6.45, 7) is 8.51. The van der Waals surface area contributed by atoms with Gasteiger partial charge in [-0.05, 0) is 85.5 Å². The van der Waals surface area contributed by atoms with Gasteiger partial charge in [0.25, 0.3) is 0 Å². The summed E-state index contributed by atoms with van der Waals surface area (Å²) in [4.78, 5) is 12.4. The monoisotopic (exact) mass is 616 g/mol. The Morgan fingerprint density at radius 1 is 0.683 bits per heavy atom. The van der Waals surface area contributed by atoms with E-state index in [0.717, 1.165) is 92.5 Å². The first-order valence-corrected chi connectivity index (χ1v) is 14.7. The van der Waals surface area contributed by atoms with Crippen LogP contribution >= 0.6 is 36.2 Å². The molecule has 0 amide bonds. The van der Waals surface area contributed by atoms with E-state index in [9.17, 15) is 8.78 Å².